The number of nitrogens with zero attached hydrogens (tertiary/aromatic N) is 3. The lowest BCUT2D eigenvalue weighted by Crippen LogP contribution is -2.46. The van der Waals surface area contributed by atoms with Crippen molar-refractivity contribution in [1.29, 1.82) is 0 Å². The van der Waals surface area contributed by atoms with Crippen molar-refractivity contribution in [2.75, 3.05) is 18.0 Å². The number of halogens is 2. The molecule has 2 aliphatic heterocycles. The maximum Gasteiger partial charge on any atom is 0.407 e. The van der Waals surface area contributed by atoms with Crippen molar-refractivity contribution in [3.63, 3.8) is 0 Å². The van der Waals surface area contributed by atoms with Crippen molar-refractivity contribution >= 4 is 39.4 Å². The van der Waals surface area contributed by atoms with Crippen LogP contribution in [0.15, 0.2) is 22.7 Å². The normalized spacial score (nSPS) is 16.0. The standard InChI is InChI=1S/C24H25BrFN5O3/c1-24(2,3)34-23(33)29-14-7-9-31(10-8-14)21-18-15(12-28-22(18)32)19(25)20(30-21)13-5-6-17(27-4)16(26)11-13/h5-6,11,14H,7-10,12H2,1-3H3,(H,28,32)(H,29,33). The van der Waals surface area contributed by atoms with Gasteiger partial charge in [-0.2, -0.15) is 0 Å². The van der Waals surface area contributed by atoms with E-state index in [0.717, 1.165) is 5.56 Å². The second-order valence-corrected chi connectivity index (χ2v) is 10.1. The van der Waals surface area contributed by atoms with Crippen molar-refractivity contribution in [1.82, 2.24) is 15.6 Å². The van der Waals surface area contributed by atoms with Crippen LogP contribution >= 0.6 is 15.9 Å². The molecule has 178 valence electrons. The summed E-state index contributed by atoms with van der Waals surface area (Å²) >= 11 is 3.56. The molecular formula is C24H25BrFN5O3. The first-order valence-electron chi connectivity index (χ1n) is 11.0. The maximum atomic E-state index is 14.3. The Hall–Kier alpha value is -3.19. The summed E-state index contributed by atoms with van der Waals surface area (Å²) in [5.74, 6) is -0.284. The van der Waals surface area contributed by atoms with Crippen LogP contribution in [0.2, 0.25) is 0 Å². The Morgan fingerprint density at radius 1 is 1.35 bits per heavy atom. The summed E-state index contributed by atoms with van der Waals surface area (Å²) < 4.78 is 20.3. The fourth-order valence-corrected chi connectivity index (χ4v) is 4.79. The van der Waals surface area contributed by atoms with Crippen LogP contribution in [0.5, 0.6) is 0 Å². The maximum absolute atomic E-state index is 14.3. The average Bonchev–Trinajstić information content (AvgIpc) is 3.16. The third kappa shape index (κ3) is 4.85. The number of pyridine rings is 1. The van der Waals surface area contributed by atoms with Crippen LogP contribution in [0.3, 0.4) is 0 Å². The van der Waals surface area contributed by atoms with E-state index < -0.39 is 17.5 Å². The van der Waals surface area contributed by atoms with Gasteiger partial charge in [0.15, 0.2) is 0 Å². The molecule has 1 aromatic heterocycles. The Morgan fingerprint density at radius 2 is 2.06 bits per heavy atom. The van der Waals surface area contributed by atoms with Crippen LogP contribution in [0.1, 0.15) is 49.5 Å². The Bertz CT molecular complexity index is 1200. The van der Waals surface area contributed by atoms with Gasteiger partial charge >= 0.3 is 6.09 Å². The Labute approximate surface area is 205 Å². The number of ether oxygens (including phenoxy) is 1. The Kier molecular flexibility index (Phi) is 6.49. The summed E-state index contributed by atoms with van der Waals surface area (Å²) in [6, 6.07) is 4.33. The summed E-state index contributed by atoms with van der Waals surface area (Å²) in [5.41, 5.74) is 1.68. The highest BCUT2D eigenvalue weighted by Gasteiger charge is 2.33. The summed E-state index contributed by atoms with van der Waals surface area (Å²) in [5, 5.41) is 5.76. The number of piperidine rings is 1. The summed E-state index contributed by atoms with van der Waals surface area (Å²) in [4.78, 5) is 34.7. The van der Waals surface area contributed by atoms with Crippen molar-refractivity contribution in [3.8, 4) is 11.3 Å². The SMILES string of the molecule is [C-]#[N+]c1ccc(-c2nc(N3CCC(NC(=O)OC(C)(C)C)CC3)c3c(c2Br)CNC3=O)cc1F. The lowest BCUT2D eigenvalue weighted by molar-refractivity contribution is 0.0497. The van der Waals surface area contributed by atoms with E-state index in [0.29, 0.717) is 59.6 Å². The molecular weight excluding hydrogens is 505 g/mol. The molecule has 0 atom stereocenters. The second kappa shape index (κ2) is 9.22. The van der Waals surface area contributed by atoms with Crippen LogP contribution in [-0.4, -0.2) is 41.7 Å². The van der Waals surface area contributed by atoms with E-state index >= 15 is 0 Å². The number of alkyl carbamates (subject to hydrolysis) is 1. The molecule has 1 saturated heterocycles. The molecule has 4 rings (SSSR count). The number of benzene rings is 1. The van der Waals surface area contributed by atoms with Crippen molar-refractivity contribution < 1.29 is 18.7 Å². The number of aromatic nitrogens is 1. The molecule has 2 amide bonds. The van der Waals surface area contributed by atoms with Gasteiger partial charge < -0.3 is 20.3 Å². The van der Waals surface area contributed by atoms with Crippen molar-refractivity contribution in [2.45, 2.75) is 51.8 Å². The van der Waals surface area contributed by atoms with Gasteiger partial charge in [-0.15, -0.1) is 0 Å². The number of amides is 2. The molecule has 0 spiro atoms. The quantitative estimate of drug-likeness (QED) is 0.550. The highest BCUT2D eigenvalue weighted by atomic mass is 79.9. The number of hydrogen-bond acceptors (Lipinski definition) is 5. The minimum Gasteiger partial charge on any atom is -0.444 e. The first kappa shape index (κ1) is 24.0. The number of nitrogens with one attached hydrogen (secondary N) is 2. The first-order valence-corrected chi connectivity index (χ1v) is 11.8. The lowest BCUT2D eigenvalue weighted by atomic mass is 10.0. The molecule has 0 radical (unpaired) electrons. The summed E-state index contributed by atoms with van der Waals surface area (Å²) in [7, 11) is 0. The average molecular weight is 530 g/mol. The molecule has 10 heteroatoms. The topological polar surface area (TPSA) is 87.9 Å². The van der Waals surface area contributed by atoms with Gasteiger partial charge in [0.2, 0.25) is 5.69 Å². The molecule has 3 heterocycles. The highest BCUT2D eigenvalue weighted by Crippen LogP contribution is 2.39. The monoisotopic (exact) mass is 529 g/mol. The van der Waals surface area contributed by atoms with Gasteiger partial charge in [-0.25, -0.2) is 19.0 Å². The van der Waals surface area contributed by atoms with Gasteiger partial charge in [-0.1, -0.05) is 12.1 Å². The zero-order valence-electron chi connectivity index (χ0n) is 19.2. The zero-order chi connectivity index (χ0) is 24.6. The molecule has 1 aromatic carbocycles. The number of fused-ring (bicyclic) bond motifs is 1. The van der Waals surface area contributed by atoms with Crippen molar-refractivity contribution in [2.24, 2.45) is 0 Å². The van der Waals surface area contributed by atoms with E-state index in [2.05, 4.69) is 31.4 Å². The van der Waals surface area contributed by atoms with Crippen LogP contribution < -0.4 is 15.5 Å². The van der Waals surface area contributed by atoms with Gasteiger partial charge in [-0.05, 0) is 55.6 Å². The third-order valence-corrected chi connectivity index (χ3v) is 6.58. The summed E-state index contributed by atoms with van der Waals surface area (Å²) in [6.45, 7) is 14.0. The predicted octanol–water partition coefficient (Wildman–Crippen LogP) is 4.94. The van der Waals surface area contributed by atoms with Gasteiger partial charge in [0, 0.05) is 41.3 Å². The molecule has 0 bridgehead atoms. The van der Waals surface area contributed by atoms with Gasteiger partial charge in [0.25, 0.3) is 5.91 Å². The number of carbonyl (C=O) groups is 2. The van der Waals surface area contributed by atoms with Crippen LogP contribution in [-0.2, 0) is 11.3 Å². The minimum atomic E-state index is -0.619. The van der Waals surface area contributed by atoms with E-state index in [4.69, 9.17) is 16.3 Å². The lowest BCUT2D eigenvalue weighted by Gasteiger charge is -2.34. The number of hydrogen-bond donors (Lipinski definition) is 2. The molecule has 8 nitrogen and oxygen atoms in total. The van der Waals surface area contributed by atoms with Crippen LogP contribution in [0, 0.1) is 12.4 Å². The Balaban J connectivity index is 1.61. The molecule has 1 fully saturated rings. The van der Waals surface area contributed by atoms with E-state index in [1.54, 1.807) is 6.07 Å². The van der Waals surface area contributed by atoms with E-state index in [9.17, 15) is 14.0 Å². The minimum absolute atomic E-state index is 0.0434. The van der Waals surface area contributed by atoms with Gasteiger partial charge in [0.1, 0.15) is 17.2 Å². The van der Waals surface area contributed by atoms with Crippen LogP contribution in [0.25, 0.3) is 16.1 Å². The molecule has 2 aliphatic rings. The second-order valence-electron chi connectivity index (χ2n) is 9.32. The third-order valence-electron chi connectivity index (χ3n) is 5.73. The molecule has 0 unspecified atom stereocenters. The smallest absolute Gasteiger partial charge is 0.407 e. The highest BCUT2D eigenvalue weighted by molar-refractivity contribution is 9.10. The molecule has 0 aliphatic carbocycles. The largest absolute Gasteiger partial charge is 0.444 e. The number of rotatable bonds is 3. The van der Waals surface area contributed by atoms with Crippen LogP contribution in [0.4, 0.5) is 20.7 Å². The van der Waals surface area contributed by atoms with Gasteiger partial charge in [0.05, 0.1) is 17.8 Å². The molecule has 2 N–H and O–H groups in total. The number of anilines is 1. The molecule has 0 saturated carbocycles. The predicted molar refractivity (Wildman–Crippen MR) is 129 cm³/mol. The van der Waals surface area contributed by atoms with Crippen molar-refractivity contribution in [3.05, 3.63) is 51.0 Å². The zero-order valence-corrected chi connectivity index (χ0v) is 20.8. The molecule has 2 aromatic rings. The Morgan fingerprint density at radius 3 is 2.68 bits per heavy atom. The first-order chi connectivity index (χ1) is 16.1. The summed E-state index contributed by atoms with van der Waals surface area (Å²) in [6.07, 6.45) is 0.883. The van der Waals surface area contributed by atoms with E-state index in [1.807, 2.05) is 25.7 Å². The van der Waals surface area contributed by atoms with Gasteiger partial charge in [-0.3, -0.25) is 4.79 Å². The molecule has 34 heavy (non-hydrogen) atoms. The fraction of sp³-hybridized carbons (Fsp3) is 0.417. The van der Waals surface area contributed by atoms with E-state index in [-0.39, 0.29) is 17.6 Å². The number of carbonyl (C=O) groups excluding carboxylic acids is 2. The fourth-order valence-electron chi connectivity index (χ4n) is 4.13. The van der Waals surface area contributed by atoms with E-state index in [1.165, 1.54) is 12.1 Å².